The van der Waals surface area contributed by atoms with Crippen molar-refractivity contribution in [2.24, 2.45) is 5.73 Å². The van der Waals surface area contributed by atoms with Crippen LogP contribution in [0.15, 0.2) is 42.5 Å². The van der Waals surface area contributed by atoms with Crippen LogP contribution >= 0.6 is 0 Å². The van der Waals surface area contributed by atoms with E-state index in [0.29, 0.717) is 11.3 Å². The number of para-hydroxylation sites is 1. The van der Waals surface area contributed by atoms with Crippen molar-refractivity contribution in [2.75, 3.05) is 7.11 Å². The Balaban J connectivity index is 2.17. The zero-order valence-electron chi connectivity index (χ0n) is 11.6. The lowest BCUT2D eigenvalue weighted by Crippen LogP contribution is -2.08. The third kappa shape index (κ3) is 3.08. The summed E-state index contributed by atoms with van der Waals surface area (Å²) in [5, 5.41) is 0. The van der Waals surface area contributed by atoms with Gasteiger partial charge in [-0.15, -0.1) is 0 Å². The van der Waals surface area contributed by atoms with Gasteiger partial charge in [0.25, 0.3) is 0 Å². The van der Waals surface area contributed by atoms with Crippen molar-refractivity contribution in [1.82, 2.24) is 0 Å². The second-order valence-electron chi connectivity index (χ2n) is 4.55. The van der Waals surface area contributed by atoms with Crippen LogP contribution in [-0.4, -0.2) is 7.11 Å². The highest BCUT2D eigenvalue weighted by molar-refractivity contribution is 5.36. The molecule has 0 saturated heterocycles. The van der Waals surface area contributed by atoms with Crippen LogP contribution in [0, 0.1) is 5.82 Å². The van der Waals surface area contributed by atoms with Crippen molar-refractivity contribution >= 4 is 0 Å². The molecule has 0 aromatic heterocycles. The minimum absolute atomic E-state index is 0.132. The number of hydrogen-bond donors (Lipinski definition) is 1. The molecule has 0 saturated carbocycles. The lowest BCUT2D eigenvalue weighted by atomic mass is 10.1. The van der Waals surface area contributed by atoms with Crippen LogP contribution in [0.2, 0.25) is 0 Å². The molecule has 4 heteroatoms. The Labute approximate surface area is 118 Å². The summed E-state index contributed by atoms with van der Waals surface area (Å²) >= 11 is 0. The largest absolute Gasteiger partial charge is 0.494 e. The van der Waals surface area contributed by atoms with Crippen molar-refractivity contribution in [2.45, 2.75) is 19.6 Å². The molecule has 106 valence electrons. The summed E-state index contributed by atoms with van der Waals surface area (Å²) in [6.07, 6.45) is 0. The van der Waals surface area contributed by atoms with Gasteiger partial charge in [-0.1, -0.05) is 30.3 Å². The molecule has 2 aromatic rings. The van der Waals surface area contributed by atoms with E-state index in [1.165, 1.54) is 7.11 Å². The van der Waals surface area contributed by atoms with E-state index in [1.807, 2.05) is 31.2 Å². The fourth-order valence-electron chi connectivity index (χ4n) is 1.97. The normalized spacial score (nSPS) is 12.0. The van der Waals surface area contributed by atoms with Crippen LogP contribution in [0.25, 0.3) is 0 Å². The Morgan fingerprint density at radius 1 is 1.10 bits per heavy atom. The Morgan fingerprint density at radius 3 is 2.50 bits per heavy atom. The fourth-order valence-corrected chi connectivity index (χ4v) is 1.97. The van der Waals surface area contributed by atoms with Crippen LogP contribution in [0.5, 0.6) is 11.5 Å². The SMILES string of the molecule is COc1cccc(COc2ccccc2C(C)N)c1F. The number of ether oxygens (including phenoxy) is 2. The minimum atomic E-state index is -0.395. The second-order valence-corrected chi connectivity index (χ2v) is 4.55. The van der Waals surface area contributed by atoms with Crippen molar-refractivity contribution < 1.29 is 13.9 Å². The number of halogens is 1. The first-order valence-corrected chi connectivity index (χ1v) is 6.42. The van der Waals surface area contributed by atoms with E-state index in [2.05, 4.69) is 0 Å². The standard InChI is InChI=1S/C16H18FNO2/c1-11(18)13-7-3-4-8-14(13)20-10-12-6-5-9-15(19-2)16(12)17/h3-9,11H,10,18H2,1-2H3. The third-order valence-corrected chi connectivity index (χ3v) is 3.06. The molecule has 0 aliphatic rings. The molecule has 1 atom stereocenters. The van der Waals surface area contributed by atoms with Crippen LogP contribution in [0.3, 0.4) is 0 Å². The molecule has 2 rings (SSSR count). The number of nitrogens with two attached hydrogens (primary N) is 1. The molecule has 1 unspecified atom stereocenters. The lowest BCUT2D eigenvalue weighted by Gasteiger charge is -2.14. The number of methoxy groups -OCH3 is 1. The van der Waals surface area contributed by atoms with Gasteiger partial charge >= 0.3 is 0 Å². The summed E-state index contributed by atoms with van der Waals surface area (Å²) < 4.78 is 24.6. The van der Waals surface area contributed by atoms with Gasteiger partial charge in [0, 0.05) is 17.2 Å². The van der Waals surface area contributed by atoms with Crippen LogP contribution in [0.4, 0.5) is 4.39 Å². The van der Waals surface area contributed by atoms with Gasteiger partial charge in [-0.2, -0.15) is 0 Å². The molecule has 2 aromatic carbocycles. The Kier molecular flexibility index (Phi) is 4.58. The Morgan fingerprint density at radius 2 is 1.80 bits per heavy atom. The van der Waals surface area contributed by atoms with Crippen LogP contribution in [0.1, 0.15) is 24.1 Å². The molecule has 0 heterocycles. The number of rotatable bonds is 5. The fraction of sp³-hybridized carbons (Fsp3) is 0.250. The predicted molar refractivity (Wildman–Crippen MR) is 76.3 cm³/mol. The molecular formula is C16H18FNO2. The van der Waals surface area contributed by atoms with E-state index >= 15 is 0 Å². The van der Waals surface area contributed by atoms with Crippen molar-refractivity contribution in [3.8, 4) is 11.5 Å². The molecule has 2 N–H and O–H groups in total. The van der Waals surface area contributed by atoms with E-state index in [0.717, 1.165) is 5.56 Å². The first kappa shape index (κ1) is 14.3. The van der Waals surface area contributed by atoms with Gasteiger partial charge in [0.1, 0.15) is 12.4 Å². The van der Waals surface area contributed by atoms with E-state index in [-0.39, 0.29) is 18.4 Å². The van der Waals surface area contributed by atoms with Gasteiger partial charge in [0.2, 0.25) is 0 Å². The number of hydrogen-bond acceptors (Lipinski definition) is 3. The van der Waals surface area contributed by atoms with Gasteiger partial charge in [-0.3, -0.25) is 0 Å². The molecule has 0 radical (unpaired) electrons. The molecule has 0 aliphatic carbocycles. The van der Waals surface area contributed by atoms with E-state index < -0.39 is 5.82 Å². The summed E-state index contributed by atoms with van der Waals surface area (Å²) in [6, 6.07) is 12.3. The molecule has 0 fully saturated rings. The van der Waals surface area contributed by atoms with Crippen LogP contribution in [-0.2, 0) is 6.61 Å². The molecule has 0 amide bonds. The molecule has 0 bridgehead atoms. The molecule has 3 nitrogen and oxygen atoms in total. The maximum Gasteiger partial charge on any atom is 0.171 e. The smallest absolute Gasteiger partial charge is 0.171 e. The second kappa shape index (κ2) is 6.39. The molecule has 0 aliphatic heterocycles. The monoisotopic (exact) mass is 275 g/mol. The first-order valence-electron chi connectivity index (χ1n) is 6.42. The summed E-state index contributed by atoms with van der Waals surface area (Å²) in [4.78, 5) is 0. The van der Waals surface area contributed by atoms with Gasteiger partial charge in [-0.05, 0) is 19.1 Å². The summed E-state index contributed by atoms with van der Waals surface area (Å²) in [6.45, 7) is 2.01. The highest BCUT2D eigenvalue weighted by atomic mass is 19.1. The predicted octanol–water partition coefficient (Wildman–Crippen LogP) is 3.43. The van der Waals surface area contributed by atoms with Gasteiger partial charge < -0.3 is 15.2 Å². The lowest BCUT2D eigenvalue weighted by molar-refractivity contribution is 0.291. The maximum absolute atomic E-state index is 14.0. The third-order valence-electron chi connectivity index (χ3n) is 3.06. The molecular weight excluding hydrogens is 257 g/mol. The van der Waals surface area contributed by atoms with Crippen molar-refractivity contribution in [3.05, 3.63) is 59.4 Å². The summed E-state index contributed by atoms with van der Waals surface area (Å²) in [7, 11) is 1.44. The molecule has 20 heavy (non-hydrogen) atoms. The van der Waals surface area contributed by atoms with E-state index in [4.69, 9.17) is 15.2 Å². The average Bonchev–Trinajstić information content (AvgIpc) is 2.46. The minimum Gasteiger partial charge on any atom is -0.494 e. The molecule has 0 spiro atoms. The Bertz CT molecular complexity index is 584. The summed E-state index contributed by atoms with van der Waals surface area (Å²) in [5.74, 6) is 0.490. The maximum atomic E-state index is 14.0. The summed E-state index contributed by atoms with van der Waals surface area (Å²) in [5.41, 5.74) is 7.23. The van der Waals surface area contributed by atoms with Crippen molar-refractivity contribution in [1.29, 1.82) is 0 Å². The highest BCUT2D eigenvalue weighted by Gasteiger charge is 2.11. The first-order chi connectivity index (χ1) is 9.63. The zero-order chi connectivity index (χ0) is 14.5. The Hall–Kier alpha value is -2.07. The zero-order valence-corrected chi connectivity index (χ0v) is 11.6. The highest BCUT2D eigenvalue weighted by Crippen LogP contribution is 2.26. The average molecular weight is 275 g/mol. The quantitative estimate of drug-likeness (QED) is 0.909. The van der Waals surface area contributed by atoms with Gasteiger partial charge in [-0.25, -0.2) is 4.39 Å². The van der Waals surface area contributed by atoms with Crippen molar-refractivity contribution in [3.63, 3.8) is 0 Å². The van der Waals surface area contributed by atoms with E-state index in [9.17, 15) is 4.39 Å². The van der Waals surface area contributed by atoms with Gasteiger partial charge in [0.05, 0.1) is 7.11 Å². The van der Waals surface area contributed by atoms with Gasteiger partial charge in [0.15, 0.2) is 11.6 Å². The number of benzene rings is 2. The topological polar surface area (TPSA) is 44.5 Å². The van der Waals surface area contributed by atoms with E-state index in [1.54, 1.807) is 18.2 Å². The van der Waals surface area contributed by atoms with Crippen LogP contribution < -0.4 is 15.2 Å².